The van der Waals surface area contributed by atoms with E-state index in [1.54, 1.807) is 6.07 Å². The van der Waals surface area contributed by atoms with E-state index < -0.39 is 11.9 Å². The molecule has 0 bridgehead atoms. The van der Waals surface area contributed by atoms with Crippen molar-refractivity contribution in [1.29, 1.82) is 0 Å². The van der Waals surface area contributed by atoms with Crippen LogP contribution in [0.25, 0.3) is 0 Å². The number of halogens is 1. The Kier molecular flexibility index (Phi) is 7.62. The fourth-order valence-electron chi connectivity index (χ4n) is 2.03. The van der Waals surface area contributed by atoms with E-state index in [0.29, 0.717) is 23.7 Å². The average Bonchev–Trinajstić information content (AvgIpc) is 2.61. The van der Waals surface area contributed by atoms with Crippen molar-refractivity contribution >= 4 is 27.9 Å². The van der Waals surface area contributed by atoms with E-state index in [1.807, 2.05) is 19.1 Å². The standard InChI is InChI=1S/C19H19BrO6/c1-13-11-15(20)5-8-17(13)25-12-18(21)26-16-6-3-14(4-7-16)19(22)24-10-9-23-2/h3-8,11H,9-10,12H2,1-2H3. The van der Waals surface area contributed by atoms with Crippen molar-refractivity contribution in [2.75, 3.05) is 26.9 Å². The lowest BCUT2D eigenvalue weighted by Gasteiger charge is -2.09. The van der Waals surface area contributed by atoms with Crippen LogP contribution in [-0.2, 0) is 14.3 Å². The van der Waals surface area contributed by atoms with Crippen molar-refractivity contribution in [2.24, 2.45) is 0 Å². The Morgan fingerprint density at radius 3 is 2.42 bits per heavy atom. The average molecular weight is 423 g/mol. The van der Waals surface area contributed by atoms with Gasteiger partial charge in [-0.2, -0.15) is 0 Å². The summed E-state index contributed by atoms with van der Waals surface area (Å²) in [6.07, 6.45) is 0. The number of benzene rings is 2. The predicted molar refractivity (Wildman–Crippen MR) is 98.6 cm³/mol. The molecule has 0 fully saturated rings. The maximum Gasteiger partial charge on any atom is 0.349 e. The van der Waals surface area contributed by atoms with Gasteiger partial charge in [-0.3, -0.25) is 0 Å². The minimum absolute atomic E-state index is 0.179. The Hall–Kier alpha value is -2.38. The van der Waals surface area contributed by atoms with E-state index >= 15 is 0 Å². The summed E-state index contributed by atoms with van der Waals surface area (Å²) >= 11 is 3.37. The van der Waals surface area contributed by atoms with E-state index in [4.69, 9.17) is 18.9 Å². The van der Waals surface area contributed by atoms with Crippen LogP contribution >= 0.6 is 15.9 Å². The second-order valence-corrected chi connectivity index (χ2v) is 6.24. The number of rotatable bonds is 8. The SMILES string of the molecule is COCCOC(=O)c1ccc(OC(=O)COc2ccc(Br)cc2C)cc1. The Morgan fingerprint density at radius 2 is 1.77 bits per heavy atom. The summed E-state index contributed by atoms with van der Waals surface area (Å²) in [7, 11) is 1.53. The fraction of sp³-hybridized carbons (Fsp3) is 0.263. The highest BCUT2D eigenvalue weighted by Crippen LogP contribution is 2.22. The Morgan fingerprint density at radius 1 is 1.04 bits per heavy atom. The summed E-state index contributed by atoms with van der Waals surface area (Å²) in [4.78, 5) is 23.7. The van der Waals surface area contributed by atoms with Crippen molar-refractivity contribution in [2.45, 2.75) is 6.92 Å². The quantitative estimate of drug-likeness (QED) is 0.368. The van der Waals surface area contributed by atoms with Crippen LogP contribution in [0.1, 0.15) is 15.9 Å². The van der Waals surface area contributed by atoms with Gasteiger partial charge >= 0.3 is 11.9 Å². The number of carbonyl (C=O) groups excluding carboxylic acids is 2. The zero-order valence-corrected chi connectivity index (χ0v) is 16.1. The van der Waals surface area contributed by atoms with Crippen LogP contribution in [0.5, 0.6) is 11.5 Å². The molecule has 7 heteroatoms. The van der Waals surface area contributed by atoms with Gasteiger partial charge in [-0.05, 0) is 55.0 Å². The largest absolute Gasteiger partial charge is 0.482 e. The lowest BCUT2D eigenvalue weighted by molar-refractivity contribution is -0.136. The zero-order valence-electron chi connectivity index (χ0n) is 14.5. The van der Waals surface area contributed by atoms with Gasteiger partial charge in [0, 0.05) is 11.6 Å². The molecule has 6 nitrogen and oxygen atoms in total. The maximum atomic E-state index is 11.9. The van der Waals surface area contributed by atoms with Gasteiger partial charge < -0.3 is 18.9 Å². The molecule has 0 aliphatic heterocycles. The molecule has 0 aromatic heterocycles. The molecule has 0 spiro atoms. The van der Waals surface area contributed by atoms with Gasteiger partial charge in [0.05, 0.1) is 12.2 Å². The van der Waals surface area contributed by atoms with Gasteiger partial charge in [0.2, 0.25) is 0 Å². The lowest BCUT2D eigenvalue weighted by Crippen LogP contribution is -2.18. The first-order valence-corrected chi connectivity index (χ1v) is 8.64. The number of ether oxygens (including phenoxy) is 4. The highest BCUT2D eigenvalue weighted by atomic mass is 79.9. The third kappa shape index (κ3) is 6.16. The predicted octanol–water partition coefficient (Wildman–Crippen LogP) is 3.55. The topological polar surface area (TPSA) is 71.1 Å². The third-order valence-electron chi connectivity index (χ3n) is 3.32. The minimum atomic E-state index is -0.539. The molecule has 2 aromatic carbocycles. The normalized spacial score (nSPS) is 10.3. The number of hydrogen-bond acceptors (Lipinski definition) is 6. The van der Waals surface area contributed by atoms with E-state index in [9.17, 15) is 9.59 Å². The van der Waals surface area contributed by atoms with E-state index in [2.05, 4.69) is 15.9 Å². The van der Waals surface area contributed by atoms with E-state index in [-0.39, 0.29) is 13.2 Å². The van der Waals surface area contributed by atoms with Crippen molar-refractivity contribution in [3.05, 3.63) is 58.1 Å². The molecule has 2 aromatic rings. The molecule has 0 aliphatic rings. The van der Waals surface area contributed by atoms with Crippen molar-refractivity contribution in [3.63, 3.8) is 0 Å². The minimum Gasteiger partial charge on any atom is -0.482 e. The molecule has 0 aliphatic carbocycles. The van der Waals surface area contributed by atoms with E-state index in [1.165, 1.54) is 31.4 Å². The summed E-state index contributed by atoms with van der Waals surface area (Å²) in [6, 6.07) is 11.6. The van der Waals surface area contributed by atoms with Crippen LogP contribution in [0.15, 0.2) is 46.9 Å². The number of carbonyl (C=O) groups is 2. The fourth-order valence-corrected chi connectivity index (χ4v) is 2.51. The van der Waals surface area contributed by atoms with E-state index in [0.717, 1.165) is 10.0 Å². The van der Waals surface area contributed by atoms with Gasteiger partial charge in [-0.1, -0.05) is 15.9 Å². The highest BCUT2D eigenvalue weighted by molar-refractivity contribution is 9.10. The van der Waals surface area contributed by atoms with Crippen LogP contribution in [0.4, 0.5) is 0 Å². The molecule has 138 valence electrons. The highest BCUT2D eigenvalue weighted by Gasteiger charge is 2.10. The molecular weight excluding hydrogens is 404 g/mol. The molecule has 0 atom stereocenters. The van der Waals surface area contributed by atoms with Crippen molar-refractivity contribution in [1.82, 2.24) is 0 Å². The van der Waals surface area contributed by atoms with Crippen LogP contribution < -0.4 is 9.47 Å². The molecule has 26 heavy (non-hydrogen) atoms. The first kappa shape index (κ1) is 19.9. The number of esters is 2. The molecule has 0 N–H and O–H groups in total. The number of aryl methyl sites for hydroxylation is 1. The summed E-state index contributed by atoms with van der Waals surface area (Å²) in [5.74, 6) is -0.0735. The lowest BCUT2D eigenvalue weighted by atomic mass is 10.2. The first-order valence-electron chi connectivity index (χ1n) is 7.85. The summed E-state index contributed by atoms with van der Waals surface area (Å²) in [5.41, 5.74) is 1.27. The monoisotopic (exact) mass is 422 g/mol. The Bertz CT molecular complexity index is 757. The second kappa shape index (κ2) is 9.94. The van der Waals surface area contributed by atoms with Crippen LogP contribution in [0, 0.1) is 6.92 Å². The van der Waals surface area contributed by atoms with Crippen LogP contribution in [0.2, 0.25) is 0 Å². The van der Waals surface area contributed by atoms with Crippen LogP contribution in [-0.4, -0.2) is 38.9 Å². The van der Waals surface area contributed by atoms with Gasteiger partial charge in [-0.15, -0.1) is 0 Å². The number of methoxy groups -OCH3 is 1. The van der Waals surface area contributed by atoms with Gasteiger partial charge in [0.1, 0.15) is 18.1 Å². The molecule has 0 heterocycles. The third-order valence-corrected chi connectivity index (χ3v) is 3.82. The van der Waals surface area contributed by atoms with Crippen molar-refractivity contribution < 1.29 is 28.5 Å². The summed E-state index contributed by atoms with van der Waals surface area (Å²) < 4.78 is 21.4. The van der Waals surface area contributed by atoms with Gasteiger partial charge in [-0.25, -0.2) is 9.59 Å². The van der Waals surface area contributed by atoms with Gasteiger partial charge in [0.25, 0.3) is 0 Å². The smallest absolute Gasteiger partial charge is 0.349 e. The summed E-state index contributed by atoms with van der Waals surface area (Å²) in [6.45, 7) is 2.18. The molecule has 0 unspecified atom stereocenters. The number of hydrogen-bond donors (Lipinski definition) is 0. The zero-order chi connectivity index (χ0) is 18.9. The first-order chi connectivity index (χ1) is 12.5. The summed E-state index contributed by atoms with van der Waals surface area (Å²) in [5, 5.41) is 0. The second-order valence-electron chi connectivity index (χ2n) is 5.33. The molecule has 0 radical (unpaired) electrons. The van der Waals surface area contributed by atoms with Crippen molar-refractivity contribution in [3.8, 4) is 11.5 Å². The van der Waals surface area contributed by atoms with Crippen LogP contribution in [0.3, 0.4) is 0 Å². The Balaban J connectivity index is 1.84. The molecule has 0 saturated carbocycles. The van der Waals surface area contributed by atoms with Gasteiger partial charge in [0.15, 0.2) is 6.61 Å². The molecule has 0 saturated heterocycles. The molecular formula is C19H19BrO6. The molecule has 0 amide bonds. The Labute approximate surface area is 160 Å². The molecule has 2 rings (SSSR count). The maximum absolute atomic E-state index is 11.9.